The molecule has 0 saturated heterocycles. The first kappa shape index (κ1) is 81.6. The van der Waals surface area contributed by atoms with Gasteiger partial charge < -0.3 is 18.3 Å². The average molecular weight is 1760 g/mol. The van der Waals surface area contributed by atoms with E-state index in [1.165, 1.54) is 92.9 Å². The van der Waals surface area contributed by atoms with E-state index in [1.807, 2.05) is 36.4 Å². The van der Waals surface area contributed by atoms with Crippen LogP contribution in [0.3, 0.4) is 0 Å². The minimum Gasteiger partial charge on any atom is -0.309 e. The lowest BCUT2D eigenvalue weighted by molar-refractivity contribution is 1.07. The van der Waals surface area contributed by atoms with Gasteiger partial charge in [-0.05, 0) is 231 Å². The highest BCUT2D eigenvalue weighted by Crippen LogP contribution is 2.44. The summed E-state index contributed by atoms with van der Waals surface area (Å²) in [4.78, 5) is 30.8. The van der Waals surface area contributed by atoms with Crippen molar-refractivity contribution in [1.29, 1.82) is 0 Å². The third-order valence-corrected chi connectivity index (χ3v) is 27.0. The van der Waals surface area contributed by atoms with Crippen LogP contribution in [0.2, 0.25) is 0 Å². The van der Waals surface area contributed by atoms with Crippen molar-refractivity contribution in [2.24, 2.45) is 0 Å². The highest BCUT2D eigenvalue weighted by atomic mass is 15.1. The number of nitrogens with zero attached hydrogens (tertiary/aromatic N) is 10. The van der Waals surface area contributed by atoms with Crippen molar-refractivity contribution in [3.05, 3.63) is 496 Å². The molecule has 0 amide bonds. The third-order valence-electron chi connectivity index (χ3n) is 27.0. The molecule has 0 N–H and O–H groups in total. The maximum atomic E-state index is 5.21. The molecule has 0 atom stereocenters. The lowest BCUT2D eigenvalue weighted by atomic mass is 10.00. The molecule has 26 aromatic rings. The van der Waals surface area contributed by atoms with Crippen LogP contribution >= 0.6 is 0 Å². The van der Waals surface area contributed by atoms with E-state index in [0.29, 0.717) is 34.9 Å². The summed E-state index contributed by atoms with van der Waals surface area (Å²) < 4.78 is 9.51. The first-order valence-electron chi connectivity index (χ1n) is 46.9. The number of para-hydroxylation sites is 6. The fraction of sp³-hybridized carbons (Fsp3) is 0.0156. The second-order valence-electron chi connectivity index (χ2n) is 35.4. The van der Waals surface area contributed by atoms with Gasteiger partial charge in [0.15, 0.2) is 34.9 Å². The van der Waals surface area contributed by atoms with Crippen molar-refractivity contribution in [2.75, 3.05) is 0 Å². The maximum Gasteiger partial charge on any atom is 0.164 e. The summed E-state index contributed by atoms with van der Waals surface area (Å²) in [6.07, 6.45) is 0. The summed E-state index contributed by atoms with van der Waals surface area (Å²) in [5.74, 6) is 3.83. The molecule has 20 aromatic carbocycles. The second kappa shape index (κ2) is 34.7. The summed E-state index contributed by atoms with van der Waals surface area (Å²) in [7, 11) is 0. The molecule has 10 heteroatoms. The number of rotatable bonds is 16. The molecular weight excluding hydrogens is 1680 g/mol. The summed E-state index contributed by atoms with van der Waals surface area (Å²) in [5, 5.41) is 9.80. The Labute approximate surface area is 798 Å². The van der Waals surface area contributed by atoms with Crippen molar-refractivity contribution < 1.29 is 0 Å². The van der Waals surface area contributed by atoms with E-state index in [2.05, 4.69) is 481 Å². The van der Waals surface area contributed by atoms with E-state index in [-0.39, 0.29) is 0 Å². The fourth-order valence-electron chi connectivity index (χ4n) is 20.2. The molecule has 0 bridgehead atoms. The van der Waals surface area contributed by atoms with Crippen LogP contribution in [0.5, 0.6) is 0 Å². The molecule has 6 aromatic heterocycles. The molecule has 0 aliphatic carbocycles. The van der Waals surface area contributed by atoms with Crippen LogP contribution in [0.4, 0.5) is 0 Å². The first-order chi connectivity index (χ1) is 68.2. The Balaban J connectivity index is 0.000000148. The van der Waals surface area contributed by atoms with E-state index in [9.17, 15) is 0 Å². The lowest BCUT2D eigenvalue weighted by Crippen LogP contribution is -2.01. The van der Waals surface area contributed by atoms with Crippen molar-refractivity contribution in [3.8, 4) is 158 Å². The molecule has 26 rings (SSSR count). The van der Waals surface area contributed by atoms with E-state index < -0.39 is 0 Å². The molecule has 0 spiro atoms. The third kappa shape index (κ3) is 14.9. The van der Waals surface area contributed by atoms with Gasteiger partial charge in [0.2, 0.25) is 0 Å². The Morgan fingerprint density at radius 1 is 0.130 bits per heavy atom. The number of hydrogen-bond donors (Lipinski definition) is 0. The van der Waals surface area contributed by atoms with E-state index in [1.54, 1.807) is 0 Å². The number of aryl methyl sites for hydroxylation is 2. The smallest absolute Gasteiger partial charge is 0.164 e. The van der Waals surface area contributed by atoms with Crippen LogP contribution in [0.25, 0.3) is 245 Å². The molecule has 138 heavy (non-hydrogen) atoms. The molecule has 0 radical (unpaired) electrons. The van der Waals surface area contributed by atoms with Gasteiger partial charge in [-0.3, -0.25) is 0 Å². The monoisotopic (exact) mass is 1760 g/mol. The van der Waals surface area contributed by atoms with Crippen LogP contribution in [0.15, 0.2) is 485 Å². The molecule has 6 heterocycles. The Kier molecular flexibility index (Phi) is 20.5. The number of fused-ring (bicyclic) bond motifs is 12. The number of hydrogen-bond acceptors (Lipinski definition) is 6. The van der Waals surface area contributed by atoms with Crippen molar-refractivity contribution in [3.63, 3.8) is 0 Å². The number of benzene rings is 20. The second-order valence-corrected chi connectivity index (χ2v) is 35.4. The van der Waals surface area contributed by atoms with E-state index in [0.717, 1.165) is 128 Å². The highest BCUT2D eigenvalue weighted by Gasteiger charge is 2.24. The van der Waals surface area contributed by atoms with E-state index >= 15 is 0 Å². The molecular formula is C128H86N10. The zero-order valence-corrected chi connectivity index (χ0v) is 75.7. The Hall–Kier alpha value is -18.4. The Morgan fingerprint density at radius 3 is 0.710 bits per heavy atom. The quantitative estimate of drug-likeness (QED) is 0.0956. The standard InChI is InChI=1S/C69H45N5.C59H41N5/c1-4-17-46(18-5-1)49-21-14-24-54(41-49)67-70-68(55-25-15-22-50(42-55)47-19-6-2-7-20-47)72-69(71-67)56-26-16-23-51(43-56)52-36-40-65-62(44-52)60-30-11-13-32-64(60)73(65)58-37-33-48(34-38-58)53-35-39-61-59-29-10-12-31-63(59)74(66(61)45-53)57-27-8-3-9-28-57;1-38-15-6-8-21-47(38)58-60-57(61-59(62-58)48-22-9-7-16-39(48)2)44-18-14-17-41(35-44)43-30-34-56-52(37-43)50-24-11-13-26-54(50)64(56)46-31-27-40(28-32-46)42-29-33-55-51(36-42)49-23-10-12-25-53(49)63(55)45-19-4-3-5-20-45/h1-45H;3-37H,1-2H3. The maximum absolute atomic E-state index is 5.21. The highest BCUT2D eigenvalue weighted by molar-refractivity contribution is 6.14. The van der Waals surface area contributed by atoms with Gasteiger partial charge >= 0.3 is 0 Å². The van der Waals surface area contributed by atoms with Crippen LogP contribution in [0, 0.1) is 13.8 Å². The molecule has 0 aliphatic rings. The van der Waals surface area contributed by atoms with Crippen molar-refractivity contribution in [1.82, 2.24) is 48.2 Å². The zero-order chi connectivity index (χ0) is 91.7. The summed E-state index contributed by atoms with van der Waals surface area (Å²) in [6.45, 7) is 4.20. The lowest BCUT2D eigenvalue weighted by Gasteiger charge is -2.12. The van der Waals surface area contributed by atoms with Gasteiger partial charge in [-0.1, -0.05) is 346 Å². The van der Waals surface area contributed by atoms with Gasteiger partial charge in [0.1, 0.15) is 0 Å². The van der Waals surface area contributed by atoms with Crippen molar-refractivity contribution >= 4 is 87.2 Å². The van der Waals surface area contributed by atoms with Crippen molar-refractivity contribution in [2.45, 2.75) is 13.8 Å². The van der Waals surface area contributed by atoms with Gasteiger partial charge in [0.05, 0.1) is 44.1 Å². The summed E-state index contributed by atoms with van der Waals surface area (Å²) in [5.41, 5.74) is 35.6. The normalized spacial score (nSPS) is 11.6. The molecule has 10 nitrogen and oxygen atoms in total. The van der Waals surface area contributed by atoms with Crippen LogP contribution in [0.1, 0.15) is 11.1 Å². The van der Waals surface area contributed by atoms with Gasteiger partial charge in [0.25, 0.3) is 0 Å². The predicted molar refractivity (Wildman–Crippen MR) is 572 cm³/mol. The largest absolute Gasteiger partial charge is 0.309 e. The Morgan fingerprint density at radius 2 is 0.348 bits per heavy atom. The van der Waals surface area contributed by atoms with Crippen LogP contribution in [-0.2, 0) is 0 Å². The van der Waals surface area contributed by atoms with Gasteiger partial charge in [-0.25, -0.2) is 29.9 Å². The SMILES string of the molecule is Cc1ccccc1-c1nc(-c2cccc(-c3ccc4c(c3)c3ccccc3n4-c3ccc(-c4ccc5c(c4)c4ccccc4n5-c4ccccc4)cc3)c2)nc(-c2ccccc2C)n1.c1ccc(-c2cccc(-c3nc(-c4cccc(-c5ccccc5)c4)nc(-c4cccc(-c5ccc6c(c5)c5ccccc5n6-c5ccc(-c6ccc7c8ccccc8n(-c8ccccc8)c7c6)cc5)c4)n3)c2)cc1. The van der Waals surface area contributed by atoms with Gasteiger partial charge in [-0.15, -0.1) is 0 Å². The minimum atomic E-state index is 0.613. The number of aromatic nitrogens is 10. The van der Waals surface area contributed by atoms with E-state index in [4.69, 9.17) is 29.9 Å². The Bertz CT molecular complexity index is 9050. The molecule has 0 aliphatic heterocycles. The average Bonchev–Trinajstić information content (AvgIpc) is 1.59. The van der Waals surface area contributed by atoms with Crippen LogP contribution in [-0.4, -0.2) is 48.2 Å². The van der Waals surface area contributed by atoms with Gasteiger partial charge in [-0.2, -0.15) is 0 Å². The molecule has 0 fully saturated rings. The predicted octanol–water partition coefficient (Wildman–Crippen LogP) is 32.8. The van der Waals surface area contributed by atoms with Gasteiger partial charge in [0, 0.05) is 99.2 Å². The molecule has 0 unspecified atom stereocenters. The fourth-order valence-corrected chi connectivity index (χ4v) is 20.2. The summed E-state index contributed by atoms with van der Waals surface area (Å²) >= 11 is 0. The summed E-state index contributed by atoms with van der Waals surface area (Å²) in [6, 6.07) is 173. The topological polar surface area (TPSA) is 97.1 Å². The first-order valence-corrected chi connectivity index (χ1v) is 46.9. The van der Waals surface area contributed by atoms with Crippen LogP contribution < -0.4 is 0 Å². The zero-order valence-electron chi connectivity index (χ0n) is 75.7. The molecule has 648 valence electrons. The molecule has 0 saturated carbocycles. The minimum absolute atomic E-state index is 0.613.